The Kier molecular flexibility index (Phi) is 11.5. The maximum absolute atomic E-state index is 11.8. The Labute approximate surface area is 310 Å². The van der Waals surface area contributed by atoms with Crippen molar-refractivity contribution in [1.29, 1.82) is 0 Å². The fourth-order valence-electron chi connectivity index (χ4n) is 5.78. The van der Waals surface area contributed by atoms with E-state index in [9.17, 15) is 25.9 Å². The molecule has 7 rings (SSSR count). The van der Waals surface area contributed by atoms with Crippen molar-refractivity contribution in [2.24, 2.45) is 0 Å². The molecule has 0 unspecified atom stereocenters. The third-order valence-electron chi connectivity index (χ3n) is 8.41. The Balaban J connectivity index is 0.000000730. The Hall–Kier alpha value is -5.60. The van der Waals surface area contributed by atoms with Gasteiger partial charge in [-0.3, -0.25) is 9.54 Å². The average molecular weight is 754 g/mol. The van der Waals surface area contributed by atoms with Gasteiger partial charge in [-0.25, -0.2) is 8.42 Å². The van der Waals surface area contributed by atoms with Gasteiger partial charge in [-0.2, -0.15) is 13.0 Å². The van der Waals surface area contributed by atoms with Crippen LogP contribution < -0.4 is 14.2 Å². The highest BCUT2D eigenvalue weighted by molar-refractivity contribution is 7.85. The molecule has 1 aliphatic rings. The molecular formula is C40H39N3O8S2. The number of aromatic nitrogens is 2. The molecule has 1 aliphatic heterocycles. The van der Waals surface area contributed by atoms with Crippen LogP contribution in [0.3, 0.4) is 0 Å². The normalized spacial score (nSPS) is 13.8. The minimum absolute atomic E-state index is 0. The van der Waals surface area contributed by atoms with Crippen LogP contribution in [0.1, 0.15) is 20.7 Å². The number of fused-ring (bicyclic) bond motifs is 2. The van der Waals surface area contributed by atoms with Crippen molar-refractivity contribution in [3.63, 3.8) is 0 Å². The van der Waals surface area contributed by atoms with E-state index in [1.165, 1.54) is 0 Å². The maximum atomic E-state index is 11.8. The summed E-state index contributed by atoms with van der Waals surface area (Å²) in [4.78, 5) is 5.45. The zero-order valence-corrected chi connectivity index (χ0v) is 30.4. The molecule has 0 amide bonds. The van der Waals surface area contributed by atoms with Crippen molar-refractivity contribution >= 4 is 43.1 Å². The van der Waals surface area contributed by atoms with E-state index < -0.39 is 31.7 Å². The number of rotatable bonds is 11. The summed E-state index contributed by atoms with van der Waals surface area (Å²) in [6.07, 6.45) is 7.50. The van der Waals surface area contributed by atoms with Gasteiger partial charge in [0.25, 0.3) is 15.6 Å². The first-order valence-electron chi connectivity index (χ1n) is 16.8. The summed E-state index contributed by atoms with van der Waals surface area (Å²) >= 11 is 0. The van der Waals surface area contributed by atoms with E-state index in [-0.39, 0.29) is 14.5 Å². The fraction of sp³-hybridized carbons (Fsp3) is 0.150. The Bertz CT molecular complexity index is 2450. The van der Waals surface area contributed by atoms with E-state index in [1.54, 1.807) is 40.1 Å². The van der Waals surface area contributed by atoms with Gasteiger partial charge in [0, 0.05) is 32.5 Å². The SMILES string of the molecule is CCC(=Cc1oc2ccc(-c3ccccc3)cc2[n+]1CCS(=O)(=O)O)C=C1Oc2ccc(-c3ccccc3)cc2N1CCS(=O)(=O)[O-].[HH].c1ccncc1. The average Bonchev–Trinajstić information content (AvgIpc) is 3.69. The number of hydrogen-bond donors (Lipinski definition) is 1. The van der Waals surface area contributed by atoms with Crippen molar-refractivity contribution < 1.29 is 41.1 Å². The van der Waals surface area contributed by atoms with E-state index in [4.69, 9.17) is 9.15 Å². The number of aryl methyl sites for hydroxylation is 1. The van der Waals surface area contributed by atoms with E-state index in [2.05, 4.69) is 4.98 Å². The van der Waals surface area contributed by atoms with Crippen molar-refractivity contribution in [3.8, 4) is 28.0 Å². The van der Waals surface area contributed by atoms with E-state index >= 15 is 0 Å². The number of benzene rings is 4. The molecule has 0 aliphatic carbocycles. The van der Waals surface area contributed by atoms with Gasteiger partial charge in [0.2, 0.25) is 11.5 Å². The molecule has 0 spiro atoms. The number of oxazole rings is 1. The summed E-state index contributed by atoms with van der Waals surface area (Å²) in [5, 5.41) is 0. The zero-order valence-electron chi connectivity index (χ0n) is 28.8. The lowest BCUT2D eigenvalue weighted by molar-refractivity contribution is -0.673. The summed E-state index contributed by atoms with van der Waals surface area (Å²) in [6.45, 7) is 1.73. The third-order valence-corrected chi connectivity index (χ3v) is 9.79. The number of nitrogens with zero attached hydrogens (tertiary/aromatic N) is 3. The van der Waals surface area contributed by atoms with Gasteiger partial charge in [-0.05, 0) is 64.6 Å². The van der Waals surface area contributed by atoms with E-state index in [1.807, 2.05) is 116 Å². The number of allylic oxidation sites excluding steroid dienone is 2. The summed E-state index contributed by atoms with van der Waals surface area (Å²) in [5.41, 5.74) is 6.25. The molecule has 0 saturated heterocycles. The molecule has 6 aromatic rings. The van der Waals surface area contributed by atoms with Gasteiger partial charge in [-0.15, -0.1) is 0 Å². The topological polar surface area (TPSA) is 154 Å². The number of hydrogen-bond acceptors (Lipinski definition) is 9. The molecule has 274 valence electrons. The van der Waals surface area contributed by atoms with Crippen LogP contribution in [0.5, 0.6) is 5.75 Å². The highest BCUT2D eigenvalue weighted by Gasteiger charge is 2.29. The quantitative estimate of drug-likeness (QED) is 0.105. The second kappa shape index (κ2) is 16.4. The van der Waals surface area contributed by atoms with Crippen LogP contribution in [-0.4, -0.2) is 49.0 Å². The molecule has 13 heteroatoms. The fourth-order valence-corrected chi connectivity index (χ4v) is 6.60. The smallest absolute Gasteiger partial charge is 0.374 e. The van der Waals surface area contributed by atoms with Crippen LogP contribution >= 0.6 is 0 Å². The zero-order chi connectivity index (χ0) is 37.4. The first-order chi connectivity index (χ1) is 25.5. The molecule has 11 nitrogen and oxygen atoms in total. The van der Waals surface area contributed by atoms with Gasteiger partial charge in [0.1, 0.15) is 5.75 Å². The summed E-state index contributed by atoms with van der Waals surface area (Å²) in [7, 11) is -8.80. The van der Waals surface area contributed by atoms with Crippen LogP contribution in [0.25, 0.3) is 39.4 Å². The van der Waals surface area contributed by atoms with Crippen LogP contribution in [-0.2, 0) is 26.8 Å². The van der Waals surface area contributed by atoms with Crippen LogP contribution in [0.4, 0.5) is 5.69 Å². The predicted octanol–water partition coefficient (Wildman–Crippen LogP) is 7.35. The lowest BCUT2D eigenvalue weighted by atomic mass is 10.0. The van der Waals surface area contributed by atoms with E-state index in [0.29, 0.717) is 46.3 Å². The van der Waals surface area contributed by atoms with Crippen LogP contribution in [0, 0.1) is 0 Å². The van der Waals surface area contributed by atoms with E-state index in [0.717, 1.165) is 22.3 Å². The summed E-state index contributed by atoms with van der Waals surface area (Å²) in [6, 6.07) is 36.4. The Morgan fingerprint density at radius 2 is 1.45 bits per heavy atom. The molecule has 0 bridgehead atoms. The van der Waals surface area contributed by atoms with Crippen molar-refractivity contribution in [2.45, 2.75) is 19.9 Å². The minimum Gasteiger partial charge on any atom is -0.748 e. The highest BCUT2D eigenvalue weighted by Crippen LogP contribution is 2.42. The molecule has 2 aromatic heterocycles. The van der Waals surface area contributed by atoms with Crippen molar-refractivity contribution in [3.05, 3.63) is 151 Å². The van der Waals surface area contributed by atoms with Crippen molar-refractivity contribution in [1.82, 2.24) is 4.98 Å². The second-order valence-electron chi connectivity index (χ2n) is 12.1. The largest absolute Gasteiger partial charge is 0.748 e. The lowest BCUT2D eigenvalue weighted by Crippen LogP contribution is -2.38. The monoisotopic (exact) mass is 753 g/mol. The molecule has 4 aromatic carbocycles. The first-order valence-corrected chi connectivity index (χ1v) is 20.0. The molecular weight excluding hydrogens is 715 g/mol. The summed E-state index contributed by atoms with van der Waals surface area (Å²) < 4.78 is 82.1. The number of anilines is 1. The third kappa shape index (κ3) is 9.84. The summed E-state index contributed by atoms with van der Waals surface area (Å²) in [5.74, 6) is 0.0314. The second-order valence-corrected chi connectivity index (χ2v) is 15.2. The lowest BCUT2D eigenvalue weighted by Gasteiger charge is -2.20. The molecule has 3 heterocycles. The van der Waals surface area contributed by atoms with Crippen molar-refractivity contribution in [2.75, 3.05) is 23.0 Å². The minimum atomic E-state index is -4.52. The van der Waals surface area contributed by atoms with Crippen LogP contribution in [0.2, 0.25) is 0 Å². The number of ether oxygens (including phenoxy) is 1. The Morgan fingerprint density at radius 3 is 2.02 bits per heavy atom. The molecule has 0 saturated carbocycles. The van der Waals surface area contributed by atoms with Crippen LogP contribution in [0.15, 0.2) is 150 Å². The highest BCUT2D eigenvalue weighted by atomic mass is 32.2. The predicted molar refractivity (Wildman–Crippen MR) is 205 cm³/mol. The van der Waals surface area contributed by atoms with Gasteiger partial charge in [-0.1, -0.05) is 85.8 Å². The van der Waals surface area contributed by atoms with Gasteiger partial charge in [0.05, 0.1) is 27.6 Å². The molecule has 0 atom stereocenters. The maximum Gasteiger partial charge on any atom is 0.374 e. The molecule has 0 radical (unpaired) electrons. The Morgan fingerprint density at radius 1 is 0.830 bits per heavy atom. The molecule has 53 heavy (non-hydrogen) atoms. The first kappa shape index (κ1) is 37.2. The van der Waals surface area contributed by atoms with Gasteiger partial charge < -0.3 is 18.6 Å². The van der Waals surface area contributed by atoms with Gasteiger partial charge >= 0.3 is 5.89 Å². The standard InChI is InChI=1S/C35H32N2O8S2.C5H5N.H2/c1-2-25(21-34-36(17-19-46(38,39)40)30-23-28(13-15-32(30)44-34)26-9-5-3-6-10-26)22-35-37(18-20-47(41,42)43)31-24-29(14-16-33(31)45-35)27-11-7-4-8-12-27;1-2-4-6-5-3-1;/h3-16,21-24H,2,17-20H2,1H3,(H-,38,39,40,41,42,43);1-5H;1H. The van der Waals surface area contributed by atoms with Gasteiger partial charge in [0.15, 0.2) is 12.3 Å². The molecule has 0 fully saturated rings. The molecule has 1 N–H and O–H groups in total. The number of pyridine rings is 1.